The third-order valence-corrected chi connectivity index (χ3v) is 3.56. The van der Waals surface area contributed by atoms with E-state index in [0.29, 0.717) is 5.56 Å². The van der Waals surface area contributed by atoms with Crippen molar-refractivity contribution in [2.75, 3.05) is 13.1 Å². The molecule has 1 saturated heterocycles. The minimum absolute atomic E-state index is 0.0617. The van der Waals surface area contributed by atoms with E-state index < -0.39 is 36.4 Å². The maximum absolute atomic E-state index is 13.0. The summed E-state index contributed by atoms with van der Waals surface area (Å²) in [6, 6.07) is 1.51. The van der Waals surface area contributed by atoms with Gasteiger partial charge in [-0.2, -0.15) is 13.2 Å². The largest absolute Gasteiger partial charge is 0.481 e. The van der Waals surface area contributed by atoms with E-state index in [1.807, 2.05) is 0 Å². The molecular weight excluding hydrogens is 279 g/mol. The number of carbonyl (C=O) groups is 2. The molecule has 0 aliphatic carbocycles. The standard InChI is InChI=1S/C12H12F3NO4/c1-7-2-5-20-8(7)9(17)16-4-3-11(6-16,10(18)19)12(13,14)15/h2,5H,3-4,6H2,1H3,(H,18,19). The molecule has 1 atom stereocenters. The lowest BCUT2D eigenvalue weighted by Gasteiger charge is -2.27. The smallest absolute Gasteiger partial charge is 0.406 e. The van der Waals surface area contributed by atoms with Gasteiger partial charge < -0.3 is 14.4 Å². The Hall–Kier alpha value is -1.99. The highest BCUT2D eigenvalue weighted by Gasteiger charge is 2.64. The van der Waals surface area contributed by atoms with E-state index in [9.17, 15) is 22.8 Å². The lowest BCUT2D eigenvalue weighted by atomic mass is 9.86. The lowest BCUT2D eigenvalue weighted by molar-refractivity contribution is -0.227. The quantitative estimate of drug-likeness (QED) is 0.905. The van der Waals surface area contributed by atoms with Crippen LogP contribution in [0.5, 0.6) is 0 Å². The van der Waals surface area contributed by atoms with E-state index in [0.717, 1.165) is 4.90 Å². The number of aryl methyl sites for hydroxylation is 1. The second-order valence-corrected chi connectivity index (χ2v) is 4.79. The summed E-state index contributed by atoms with van der Waals surface area (Å²) >= 11 is 0. The second kappa shape index (κ2) is 4.53. The molecule has 2 heterocycles. The van der Waals surface area contributed by atoms with Gasteiger partial charge in [0.1, 0.15) is 0 Å². The first kappa shape index (κ1) is 14.4. The second-order valence-electron chi connectivity index (χ2n) is 4.79. The Balaban J connectivity index is 2.26. The van der Waals surface area contributed by atoms with Crippen molar-refractivity contribution in [3.63, 3.8) is 0 Å². The van der Waals surface area contributed by atoms with Crippen LogP contribution in [-0.4, -0.2) is 41.1 Å². The minimum atomic E-state index is -4.91. The number of furan rings is 1. The number of hydrogen-bond acceptors (Lipinski definition) is 3. The fraction of sp³-hybridized carbons (Fsp3) is 0.500. The number of carbonyl (C=O) groups excluding carboxylic acids is 1. The third kappa shape index (κ3) is 2.04. The van der Waals surface area contributed by atoms with Crippen LogP contribution in [0.25, 0.3) is 0 Å². The SMILES string of the molecule is Cc1ccoc1C(=O)N1CCC(C(=O)O)(C(F)(F)F)C1. The van der Waals surface area contributed by atoms with Gasteiger partial charge in [0.15, 0.2) is 11.2 Å². The molecule has 5 nitrogen and oxygen atoms in total. The summed E-state index contributed by atoms with van der Waals surface area (Å²) in [5, 5.41) is 8.90. The molecule has 0 radical (unpaired) electrons. The van der Waals surface area contributed by atoms with Crippen molar-refractivity contribution in [2.45, 2.75) is 19.5 Å². The Morgan fingerprint density at radius 1 is 1.45 bits per heavy atom. The number of likely N-dealkylation sites (tertiary alicyclic amines) is 1. The summed E-state index contributed by atoms with van der Waals surface area (Å²) in [6.45, 7) is 0.413. The molecule has 0 saturated carbocycles. The molecule has 0 bridgehead atoms. The molecule has 1 aliphatic rings. The van der Waals surface area contributed by atoms with Gasteiger partial charge in [-0.05, 0) is 19.4 Å². The van der Waals surface area contributed by atoms with Gasteiger partial charge in [0, 0.05) is 18.7 Å². The van der Waals surface area contributed by atoms with Gasteiger partial charge in [-0.1, -0.05) is 0 Å². The summed E-state index contributed by atoms with van der Waals surface area (Å²) < 4.78 is 43.9. The number of alkyl halides is 3. The molecule has 1 aromatic rings. The first-order chi connectivity index (χ1) is 9.19. The highest BCUT2D eigenvalue weighted by atomic mass is 19.4. The normalized spacial score (nSPS) is 23.1. The Morgan fingerprint density at radius 2 is 2.10 bits per heavy atom. The van der Waals surface area contributed by atoms with E-state index >= 15 is 0 Å². The highest BCUT2D eigenvalue weighted by molar-refractivity contribution is 5.93. The zero-order chi connectivity index (χ0) is 15.1. The molecule has 1 N–H and O–H groups in total. The molecule has 1 aliphatic heterocycles. The molecule has 2 rings (SSSR count). The first-order valence-corrected chi connectivity index (χ1v) is 5.82. The fourth-order valence-electron chi connectivity index (χ4n) is 2.25. The van der Waals surface area contributed by atoms with Crippen LogP contribution in [0, 0.1) is 12.3 Å². The summed E-state index contributed by atoms with van der Waals surface area (Å²) in [6.07, 6.45) is -4.31. The summed E-state index contributed by atoms with van der Waals surface area (Å²) in [7, 11) is 0. The Kier molecular flexibility index (Phi) is 3.27. The fourth-order valence-corrected chi connectivity index (χ4v) is 2.25. The average molecular weight is 291 g/mol. The van der Waals surface area contributed by atoms with Gasteiger partial charge in [0.25, 0.3) is 5.91 Å². The Labute approximate surface area is 112 Å². The molecule has 20 heavy (non-hydrogen) atoms. The van der Waals surface area contributed by atoms with Gasteiger partial charge >= 0.3 is 12.1 Å². The van der Waals surface area contributed by atoms with E-state index in [4.69, 9.17) is 9.52 Å². The number of carboxylic acids is 1. The van der Waals surface area contributed by atoms with Gasteiger partial charge in [-0.3, -0.25) is 9.59 Å². The molecule has 0 spiro atoms. The van der Waals surface area contributed by atoms with E-state index in [1.54, 1.807) is 6.92 Å². The van der Waals surface area contributed by atoms with Crippen LogP contribution >= 0.6 is 0 Å². The van der Waals surface area contributed by atoms with Crippen LogP contribution in [0.2, 0.25) is 0 Å². The minimum Gasteiger partial charge on any atom is -0.481 e. The average Bonchev–Trinajstić information content (AvgIpc) is 2.93. The first-order valence-electron chi connectivity index (χ1n) is 5.82. The predicted molar refractivity (Wildman–Crippen MR) is 60.1 cm³/mol. The lowest BCUT2D eigenvalue weighted by Crippen LogP contribution is -2.47. The molecule has 1 amide bonds. The molecule has 0 aromatic carbocycles. The van der Waals surface area contributed by atoms with E-state index in [1.165, 1.54) is 12.3 Å². The van der Waals surface area contributed by atoms with Gasteiger partial charge in [0.2, 0.25) is 0 Å². The van der Waals surface area contributed by atoms with Crippen LogP contribution in [0.15, 0.2) is 16.7 Å². The van der Waals surface area contributed by atoms with Crippen molar-refractivity contribution in [3.8, 4) is 0 Å². The number of nitrogens with zero attached hydrogens (tertiary/aromatic N) is 1. The highest BCUT2D eigenvalue weighted by Crippen LogP contribution is 2.46. The zero-order valence-electron chi connectivity index (χ0n) is 10.5. The zero-order valence-corrected chi connectivity index (χ0v) is 10.5. The molecule has 110 valence electrons. The maximum Gasteiger partial charge on any atom is 0.406 e. The molecule has 1 aromatic heterocycles. The number of rotatable bonds is 2. The van der Waals surface area contributed by atoms with Crippen molar-refractivity contribution in [1.82, 2.24) is 4.90 Å². The number of aliphatic carboxylic acids is 1. The maximum atomic E-state index is 13.0. The summed E-state index contributed by atoms with van der Waals surface area (Å²) in [5.74, 6) is -2.75. The third-order valence-electron chi connectivity index (χ3n) is 3.56. The number of amides is 1. The molecular formula is C12H12F3NO4. The van der Waals surface area contributed by atoms with Gasteiger partial charge in [-0.25, -0.2) is 0 Å². The van der Waals surface area contributed by atoms with Crippen LogP contribution in [0.4, 0.5) is 13.2 Å². The Bertz CT molecular complexity index is 551. The number of carboxylic acid groups (broad SMARTS) is 1. The molecule has 1 fully saturated rings. The van der Waals surface area contributed by atoms with Crippen molar-refractivity contribution in [2.24, 2.45) is 5.41 Å². The monoisotopic (exact) mass is 291 g/mol. The molecule has 1 unspecified atom stereocenters. The Morgan fingerprint density at radius 3 is 2.50 bits per heavy atom. The summed E-state index contributed by atoms with van der Waals surface area (Å²) in [4.78, 5) is 23.9. The molecule has 8 heteroatoms. The van der Waals surface area contributed by atoms with E-state index in [2.05, 4.69) is 0 Å². The van der Waals surface area contributed by atoms with Crippen LogP contribution in [0.3, 0.4) is 0 Å². The van der Waals surface area contributed by atoms with E-state index in [-0.39, 0.29) is 12.3 Å². The predicted octanol–water partition coefficient (Wildman–Crippen LogP) is 2.07. The van der Waals surface area contributed by atoms with Gasteiger partial charge in [-0.15, -0.1) is 0 Å². The van der Waals surface area contributed by atoms with Crippen molar-refractivity contribution in [1.29, 1.82) is 0 Å². The van der Waals surface area contributed by atoms with Crippen LogP contribution < -0.4 is 0 Å². The van der Waals surface area contributed by atoms with Crippen molar-refractivity contribution in [3.05, 3.63) is 23.7 Å². The van der Waals surface area contributed by atoms with Crippen molar-refractivity contribution >= 4 is 11.9 Å². The number of hydrogen-bond donors (Lipinski definition) is 1. The van der Waals surface area contributed by atoms with Crippen molar-refractivity contribution < 1.29 is 32.3 Å². The van der Waals surface area contributed by atoms with Crippen LogP contribution in [-0.2, 0) is 4.79 Å². The van der Waals surface area contributed by atoms with Crippen LogP contribution in [0.1, 0.15) is 22.5 Å². The van der Waals surface area contributed by atoms with Gasteiger partial charge in [0.05, 0.1) is 6.26 Å². The summed E-state index contributed by atoms with van der Waals surface area (Å²) in [5.41, 5.74) is -2.40. The number of halogens is 3. The topological polar surface area (TPSA) is 70.8 Å².